The molecule has 0 aliphatic carbocycles. The number of guanidine groups is 1. The van der Waals surface area contributed by atoms with Crippen molar-refractivity contribution in [1.29, 1.82) is 0 Å². The van der Waals surface area contributed by atoms with Crippen LogP contribution in [0.25, 0.3) is 0 Å². The molecule has 1 heterocycles. The Kier molecular flexibility index (Phi) is 7.31. The van der Waals surface area contributed by atoms with E-state index in [0.717, 1.165) is 35.8 Å². The maximum Gasteiger partial charge on any atom is 0.191 e. The number of nitrogens with zero attached hydrogens (tertiary/aromatic N) is 2. The second kappa shape index (κ2) is 9.46. The third-order valence-electron chi connectivity index (χ3n) is 3.65. The molecular formula is C18H24F2N4S. The van der Waals surface area contributed by atoms with Crippen LogP contribution in [0.15, 0.2) is 23.2 Å². The number of aryl methyl sites for hydroxylation is 2. The van der Waals surface area contributed by atoms with Crippen LogP contribution in [0.2, 0.25) is 0 Å². The lowest BCUT2D eigenvalue weighted by molar-refractivity contribution is 0.583. The molecule has 2 aromatic rings. The van der Waals surface area contributed by atoms with Crippen LogP contribution in [0.4, 0.5) is 8.78 Å². The highest BCUT2D eigenvalue weighted by atomic mass is 32.1. The predicted octanol–water partition coefficient (Wildman–Crippen LogP) is 3.38. The molecule has 0 aliphatic heterocycles. The molecule has 2 rings (SSSR count). The third kappa shape index (κ3) is 6.08. The first-order valence-corrected chi connectivity index (χ1v) is 9.20. The summed E-state index contributed by atoms with van der Waals surface area (Å²) in [5.41, 5.74) is 1.43. The van der Waals surface area contributed by atoms with E-state index in [4.69, 9.17) is 0 Å². The number of thiazole rings is 1. The van der Waals surface area contributed by atoms with E-state index in [1.807, 2.05) is 20.8 Å². The normalized spacial score (nSPS) is 11.6. The van der Waals surface area contributed by atoms with E-state index in [0.29, 0.717) is 31.0 Å². The molecule has 25 heavy (non-hydrogen) atoms. The topological polar surface area (TPSA) is 49.3 Å². The molecule has 0 saturated carbocycles. The molecule has 0 saturated heterocycles. The van der Waals surface area contributed by atoms with E-state index >= 15 is 0 Å². The molecule has 0 atom stereocenters. The molecule has 7 heteroatoms. The van der Waals surface area contributed by atoms with Gasteiger partial charge in [-0.1, -0.05) is 0 Å². The van der Waals surface area contributed by atoms with Gasteiger partial charge in [0.1, 0.15) is 11.6 Å². The highest BCUT2D eigenvalue weighted by Crippen LogP contribution is 2.17. The van der Waals surface area contributed by atoms with E-state index in [2.05, 4.69) is 20.6 Å². The van der Waals surface area contributed by atoms with E-state index < -0.39 is 5.82 Å². The second-order valence-corrected chi connectivity index (χ2v) is 6.95. The van der Waals surface area contributed by atoms with Crippen LogP contribution in [0.3, 0.4) is 0 Å². The third-order valence-corrected chi connectivity index (χ3v) is 4.78. The van der Waals surface area contributed by atoms with Crippen molar-refractivity contribution < 1.29 is 8.78 Å². The van der Waals surface area contributed by atoms with E-state index in [-0.39, 0.29) is 5.82 Å². The lowest BCUT2D eigenvalue weighted by Gasteiger charge is -2.11. The van der Waals surface area contributed by atoms with E-state index in [1.54, 1.807) is 11.3 Å². The number of aromatic nitrogens is 1. The van der Waals surface area contributed by atoms with Gasteiger partial charge < -0.3 is 10.6 Å². The van der Waals surface area contributed by atoms with Crippen LogP contribution in [-0.2, 0) is 12.8 Å². The number of rotatable bonds is 7. The Morgan fingerprint density at radius 2 is 2.00 bits per heavy atom. The summed E-state index contributed by atoms with van der Waals surface area (Å²) >= 11 is 1.70. The van der Waals surface area contributed by atoms with Crippen LogP contribution in [0.5, 0.6) is 0 Å². The first kappa shape index (κ1) is 19.3. The highest BCUT2D eigenvalue weighted by molar-refractivity contribution is 7.11. The monoisotopic (exact) mass is 366 g/mol. The number of nitrogens with one attached hydrogen (secondary N) is 2. The van der Waals surface area contributed by atoms with Crippen LogP contribution >= 0.6 is 11.3 Å². The zero-order valence-corrected chi connectivity index (χ0v) is 15.6. The van der Waals surface area contributed by atoms with Crippen molar-refractivity contribution in [3.8, 4) is 0 Å². The minimum atomic E-state index is -0.424. The van der Waals surface area contributed by atoms with Gasteiger partial charge in [0.05, 0.1) is 10.7 Å². The number of hydrogen-bond acceptors (Lipinski definition) is 3. The zero-order chi connectivity index (χ0) is 18.2. The Bertz CT molecular complexity index is 728. The van der Waals surface area contributed by atoms with Crippen molar-refractivity contribution in [2.24, 2.45) is 4.99 Å². The zero-order valence-electron chi connectivity index (χ0n) is 14.8. The molecule has 0 bridgehead atoms. The Balaban J connectivity index is 1.87. The van der Waals surface area contributed by atoms with Crippen molar-refractivity contribution in [3.63, 3.8) is 0 Å². The van der Waals surface area contributed by atoms with Crippen LogP contribution < -0.4 is 10.6 Å². The summed E-state index contributed by atoms with van der Waals surface area (Å²) in [6.45, 7) is 7.86. The Labute approximate surface area is 151 Å². The van der Waals surface area contributed by atoms with Crippen molar-refractivity contribution in [2.45, 2.75) is 33.6 Å². The first-order valence-electron chi connectivity index (χ1n) is 8.38. The largest absolute Gasteiger partial charge is 0.357 e. The van der Waals surface area contributed by atoms with Gasteiger partial charge in [-0.3, -0.25) is 4.99 Å². The van der Waals surface area contributed by atoms with Gasteiger partial charge in [-0.05, 0) is 51.0 Å². The minimum Gasteiger partial charge on any atom is -0.357 e. The Morgan fingerprint density at radius 1 is 1.20 bits per heavy atom. The van der Waals surface area contributed by atoms with Gasteiger partial charge in [-0.25, -0.2) is 13.8 Å². The highest BCUT2D eigenvalue weighted by Gasteiger charge is 2.06. The van der Waals surface area contributed by atoms with Crippen molar-refractivity contribution >= 4 is 17.3 Å². The lowest BCUT2D eigenvalue weighted by atomic mass is 10.1. The summed E-state index contributed by atoms with van der Waals surface area (Å²) in [5.74, 6) is -0.133. The average Bonchev–Trinajstić information content (AvgIpc) is 2.88. The summed E-state index contributed by atoms with van der Waals surface area (Å²) < 4.78 is 26.8. The summed E-state index contributed by atoms with van der Waals surface area (Å²) in [7, 11) is 0. The molecule has 0 unspecified atom stereocenters. The van der Waals surface area contributed by atoms with Crippen LogP contribution in [0.1, 0.15) is 28.1 Å². The standard InChI is InChI=1S/C18H24F2N4S/c1-4-21-18(23-10-8-17-12(2)24-13(3)25-17)22-9-7-14-11-15(19)5-6-16(14)20/h5-6,11H,4,7-10H2,1-3H3,(H2,21,22,23). The predicted molar refractivity (Wildman–Crippen MR) is 99.3 cm³/mol. The van der Waals surface area contributed by atoms with Crippen molar-refractivity contribution in [1.82, 2.24) is 15.6 Å². The van der Waals surface area contributed by atoms with Gasteiger partial charge in [0.15, 0.2) is 5.96 Å². The molecule has 0 amide bonds. The van der Waals surface area contributed by atoms with Crippen LogP contribution in [-0.4, -0.2) is 30.6 Å². The molecule has 0 radical (unpaired) electrons. The maximum atomic E-state index is 13.6. The molecule has 0 aliphatic rings. The van der Waals surface area contributed by atoms with Gasteiger partial charge in [0.2, 0.25) is 0 Å². The van der Waals surface area contributed by atoms with Crippen LogP contribution in [0, 0.1) is 25.5 Å². The van der Waals surface area contributed by atoms with Gasteiger partial charge in [-0.2, -0.15) is 0 Å². The lowest BCUT2D eigenvalue weighted by Crippen LogP contribution is -2.38. The number of halogens is 2. The van der Waals surface area contributed by atoms with Gasteiger partial charge in [0.25, 0.3) is 0 Å². The fourth-order valence-corrected chi connectivity index (χ4v) is 3.39. The Hall–Kier alpha value is -2.02. The summed E-state index contributed by atoms with van der Waals surface area (Å²) in [4.78, 5) is 10.2. The number of benzene rings is 1. The van der Waals surface area contributed by atoms with Crippen molar-refractivity contribution in [3.05, 3.63) is 51.0 Å². The van der Waals surface area contributed by atoms with Gasteiger partial charge in [-0.15, -0.1) is 11.3 Å². The fraction of sp³-hybridized carbons (Fsp3) is 0.444. The second-order valence-electron chi connectivity index (χ2n) is 5.66. The molecule has 1 aromatic heterocycles. The minimum absolute atomic E-state index is 0.360. The maximum absolute atomic E-state index is 13.6. The smallest absolute Gasteiger partial charge is 0.191 e. The summed E-state index contributed by atoms with van der Waals surface area (Å²) in [6, 6.07) is 3.51. The average molecular weight is 366 g/mol. The molecule has 2 N–H and O–H groups in total. The van der Waals surface area contributed by atoms with Gasteiger partial charge >= 0.3 is 0 Å². The molecule has 1 aromatic carbocycles. The fourth-order valence-electron chi connectivity index (χ4n) is 2.47. The molecule has 4 nitrogen and oxygen atoms in total. The molecule has 136 valence electrons. The van der Waals surface area contributed by atoms with Gasteiger partial charge in [0, 0.05) is 30.9 Å². The van der Waals surface area contributed by atoms with Crippen molar-refractivity contribution in [2.75, 3.05) is 19.6 Å². The SMILES string of the molecule is CCNC(=NCCc1sc(C)nc1C)NCCc1cc(F)ccc1F. The quantitative estimate of drug-likeness (QED) is 0.583. The first-order chi connectivity index (χ1) is 12.0. The van der Waals surface area contributed by atoms with E-state index in [9.17, 15) is 8.78 Å². The molecule has 0 fully saturated rings. The molecule has 0 spiro atoms. The Morgan fingerprint density at radius 3 is 2.68 bits per heavy atom. The number of aliphatic imine (C=N–C) groups is 1. The summed E-state index contributed by atoms with van der Waals surface area (Å²) in [6.07, 6.45) is 1.23. The summed E-state index contributed by atoms with van der Waals surface area (Å²) in [5, 5.41) is 7.39. The molecular weight excluding hydrogens is 342 g/mol. The van der Waals surface area contributed by atoms with E-state index in [1.165, 1.54) is 10.9 Å². The number of hydrogen-bond donors (Lipinski definition) is 2.